The van der Waals surface area contributed by atoms with Gasteiger partial charge in [-0.15, -0.1) is 0 Å². The molecule has 0 aliphatic carbocycles. The molecule has 26 heavy (non-hydrogen) atoms. The number of anilines is 2. The monoisotopic (exact) mass is 354 g/mol. The fraction of sp³-hybridized carbons (Fsp3) is 0.400. The Labute approximate surface area is 154 Å². The lowest BCUT2D eigenvalue weighted by Crippen LogP contribution is -2.33. The highest BCUT2D eigenvalue weighted by Gasteiger charge is 2.26. The van der Waals surface area contributed by atoms with Crippen molar-refractivity contribution >= 4 is 23.2 Å². The van der Waals surface area contributed by atoms with Crippen molar-refractivity contribution in [2.75, 3.05) is 37.0 Å². The van der Waals surface area contributed by atoms with Crippen LogP contribution in [0.5, 0.6) is 0 Å². The maximum atomic E-state index is 12.1. The predicted molar refractivity (Wildman–Crippen MR) is 103 cm³/mol. The third-order valence-corrected chi connectivity index (χ3v) is 4.66. The maximum absolute atomic E-state index is 12.1. The van der Waals surface area contributed by atoms with Crippen molar-refractivity contribution in [1.82, 2.24) is 9.88 Å². The number of hydrogen-bond acceptors (Lipinski definition) is 3. The van der Waals surface area contributed by atoms with Gasteiger partial charge in [-0.25, -0.2) is 0 Å². The molecule has 0 fully saturated rings. The van der Waals surface area contributed by atoms with Crippen LogP contribution in [0.2, 0.25) is 0 Å². The number of carbonyl (C=O) groups excluding carboxylic acids is 2. The summed E-state index contributed by atoms with van der Waals surface area (Å²) in [5.41, 5.74) is 3.56. The van der Waals surface area contributed by atoms with Gasteiger partial charge in [0.15, 0.2) is 0 Å². The Hall–Kier alpha value is -2.76. The Balaban J connectivity index is 1.90. The van der Waals surface area contributed by atoms with Crippen LogP contribution in [0.1, 0.15) is 30.0 Å². The molecule has 1 atom stereocenters. The van der Waals surface area contributed by atoms with Crippen molar-refractivity contribution < 1.29 is 9.59 Å². The van der Waals surface area contributed by atoms with Crippen LogP contribution in [0.15, 0.2) is 36.4 Å². The Morgan fingerprint density at radius 3 is 2.46 bits per heavy atom. The predicted octanol–water partition coefficient (Wildman–Crippen LogP) is 2.73. The lowest BCUT2D eigenvalue weighted by Gasteiger charge is -2.26. The zero-order valence-electron chi connectivity index (χ0n) is 15.8. The molecule has 1 N–H and O–H groups in total. The van der Waals surface area contributed by atoms with Gasteiger partial charge in [0.2, 0.25) is 5.91 Å². The highest BCUT2D eigenvalue weighted by atomic mass is 16.2. The van der Waals surface area contributed by atoms with E-state index in [1.54, 1.807) is 25.9 Å². The van der Waals surface area contributed by atoms with E-state index in [4.69, 9.17) is 0 Å². The number of nitrogens with one attached hydrogen (secondary N) is 1. The molecule has 1 aromatic carbocycles. The van der Waals surface area contributed by atoms with E-state index >= 15 is 0 Å². The van der Waals surface area contributed by atoms with Crippen molar-refractivity contribution in [1.29, 1.82) is 0 Å². The molecular weight excluding hydrogens is 328 g/mol. The summed E-state index contributed by atoms with van der Waals surface area (Å²) in [7, 11) is 3.48. The molecule has 0 saturated carbocycles. The number of benzene rings is 1. The van der Waals surface area contributed by atoms with Crippen molar-refractivity contribution in [2.45, 2.75) is 20.4 Å². The zero-order valence-corrected chi connectivity index (χ0v) is 15.8. The number of amides is 2. The highest BCUT2D eigenvalue weighted by molar-refractivity contribution is 5.95. The minimum absolute atomic E-state index is 0.0383. The van der Waals surface area contributed by atoms with Crippen LogP contribution < -0.4 is 9.80 Å². The number of nitrogens with zero attached hydrogens (tertiary/aromatic N) is 3. The SMILES string of the molecule is CC(=O)N1CC(C)CN(Cc2ccc(C(=O)N(C)C)[nH]2)c2ccccc21. The van der Waals surface area contributed by atoms with E-state index in [9.17, 15) is 9.59 Å². The number of para-hydroxylation sites is 2. The number of carbonyl (C=O) groups is 2. The quantitative estimate of drug-likeness (QED) is 0.922. The normalized spacial score (nSPS) is 16.8. The van der Waals surface area contributed by atoms with E-state index in [0.717, 1.165) is 23.6 Å². The van der Waals surface area contributed by atoms with Crippen LogP contribution >= 0.6 is 0 Å². The van der Waals surface area contributed by atoms with Crippen molar-refractivity contribution in [2.24, 2.45) is 5.92 Å². The lowest BCUT2D eigenvalue weighted by atomic mass is 10.1. The molecule has 6 heteroatoms. The van der Waals surface area contributed by atoms with E-state index in [2.05, 4.69) is 22.9 Å². The van der Waals surface area contributed by atoms with Gasteiger partial charge in [-0.05, 0) is 30.2 Å². The summed E-state index contributed by atoms with van der Waals surface area (Å²) in [5, 5.41) is 0. The first kappa shape index (κ1) is 18.0. The third kappa shape index (κ3) is 3.59. The van der Waals surface area contributed by atoms with Crippen molar-refractivity contribution in [3.63, 3.8) is 0 Å². The van der Waals surface area contributed by atoms with E-state index in [0.29, 0.717) is 24.7 Å². The second-order valence-corrected chi connectivity index (χ2v) is 7.20. The zero-order chi connectivity index (χ0) is 18.8. The van der Waals surface area contributed by atoms with Crippen LogP contribution in [0.3, 0.4) is 0 Å². The van der Waals surface area contributed by atoms with E-state index in [-0.39, 0.29) is 11.8 Å². The van der Waals surface area contributed by atoms with Crippen LogP contribution in [0, 0.1) is 5.92 Å². The number of fused-ring (bicyclic) bond motifs is 1. The molecule has 0 radical (unpaired) electrons. The molecule has 2 aromatic rings. The molecule has 0 saturated heterocycles. The molecule has 1 aromatic heterocycles. The van der Waals surface area contributed by atoms with Crippen LogP contribution in [0.4, 0.5) is 11.4 Å². The number of aromatic amines is 1. The topological polar surface area (TPSA) is 59.7 Å². The summed E-state index contributed by atoms with van der Waals surface area (Å²) < 4.78 is 0. The largest absolute Gasteiger partial charge is 0.364 e. The molecule has 1 unspecified atom stereocenters. The van der Waals surface area contributed by atoms with Gasteiger partial charge in [-0.2, -0.15) is 0 Å². The summed E-state index contributed by atoms with van der Waals surface area (Å²) in [6.07, 6.45) is 0. The Bertz CT molecular complexity index is 812. The standard InChI is InChI=1S/C20H26N4O2/c1-14-11-23(13-16-9-10-17(21-16)20(26)22(3)4)18-7-5-6-8-19(18)24(12-14)15(2)25/h5-10,14,21H,11-13H2,1-4H3. The van der Waals surface area contributed by atoms with Gasteiger partial charge in [0.25, 0.3) is 5.91 Å². The minimum atomic E-state index is -0.0383. The average Bonchev–Trinajstić information content (AvgIpc) is 3.01. The Morgan fingerprint density at radius 2 is 1.81 bits per heavy atom. The molecule has 138 valence electrons. The number of rotatable bonds is 3. The molecule has 2 heterocycles. The molecule has 6 nitrogen and oxygen atoms in total. The Morgan fingerprint density at radius 1 is 1.12 bits per heavy atom. The lowest BCUT2D eigenvalue weighted by molar-refractivity contribution is -0.116. The summed E-state index contributed by atoms with van der Waals surface area (Å²) in [6, 6.07) is 11.8. The highest BCUT2D eigenvalue weighted by Crippen LogP contribution is 2.34. The van der Waals surface area contributed by atoms with Crippen LogP contribution in [-0.2, 0) is 11.3 Å². The van der Waals surface area contributed by atoms with Gasteiger partial charge in [0.05, 0.1) is 17.9 Å². The van der Waals surface area contributed by atoms with Crippen molar-refractivity contribution in [3.05, 3.63) is 47.8 Å². The number of hydrogen-bond donors (Lipinski definition) is 1. The fourth-order valence-electron chi connectivity index (χ4n) is 3.45. The molecule has 0 spiro atoms. The Kier molecular flexibility index (Phi) is 5.02. The third-order valence-electron chi connectivity index (χ3n) is 4.66. The first-order valence-corrected chi connectivity index (χ1v) is 8.88. The summed E-state index contributed by atoms with van der Waals surface area (Å²) in [6.45, 7) is 5.98. The van der Waals surface area contributed by atoms with Gasteiger partial charge in [0, 0.05) is 39.8 Å². The number of H-pyrrole nitrogens is 1. The fourth-order valence-corrected chi connectivity index (χ4v) is 3.45. The summed E-state index contributed by atoms with van der Waals surface area (Å²) in [4.78, 5) is 33.2. The molecule has 2 amide bonds. The van der Waals surface area contributed by atoms with Gasteiger partial charge in [0.1, 0.15) is 5.69 Å². The molecule has 1 aliphatic heterocycles. The smallest absolute Gasteiger partial charge is 0.269 e. The van der Waals surface area contributed by atoms with Gasteiger partial charge in [-0.1, -0.05) is 19.1 Å². The number of aromatic nitrogens is 1. The van der Waals surface area contributed by atoms with E-state index < -0.39 is 0 Å². The van der Waals surface area contributed by atoms with Gasteiger partial charge < -0.3 is 19.7 Å². The second-order valence-electron chi connectivity index (χ2n) is 7.20. The van der Waals surface area contributed by atoms with Crippen LogP contribution in [0.25, 0.3) is 0 Å². The maximum Gasteiger partial charge on any atom is 0.269 e. The molecular formula is C20H26N4O2. The minimum Gasteiger partial charge on any atom is -0.364 e. The first-order valence-electron chi connectivity index (χ1n) is 8.88. The van der Waals surface area contributed by atoms with Crippen LogP contribution in [-0.4, -0.2) is 48.9 Å². The van der Waals surface area contributed by atoms with Gasteiger partial charge >= 0.3 is 0 Å². The summed E-state index contributed by atoms with van der Waals surface area (Å²) in [5.74, 6) is 0.359. The second kappa shape index (κ2) is 7.23. The average molecular weight is 354 g/mol. The summed E-state index contributed by atoms with van der Waals surface area (Å²) >= 11 is 0. The first-order chi connectivity index (χ1) is 12.4. The molecule has 3 rings (SSSR count). The molecule has 0 bridgehead atoms. The van der Waals surface area contributed by atoms with E-state index in [1.165, 1.54) is 0 Å². The van der Waals surface area contributed by atoms with Crippen molar-refractivity contribution in [3.8, 4) is 0 Å². The van der Waals surface area contributed by atoms with Gasteiger partial charge in [-0.3, -0.25) is 9.59 Å². The molecule has 1 aliphatic rings. The van der Waals surface area contributed by atoms with E-state index in [1.807, 2.05) is 35.2 Å².